The Kier molecular flexibility index (Phi) is 3.87. The number of azo groups is 1. The molecule has 0 saturated heterocycles. The molecule has 0 aliphatic heterocycles. The molecule has 0 saturated carbocycles. The quantitative estimate of drug-likeness (QED) is 0.512. The monoisotopic (exact) mass is 292 g/mol. The van der Waals surface area contributed by atoms with E-state index in [2.05, 4.69) is 10.2 Å². The first-order valence-corrected chi connectivity index (χ1v) is 6.74. The maximum atomic E-state index is 9.85. The molecule has 0 aliphatic rings. The Balaban J connectivity index is 2.00. The molecule has 0 aromatic heterocycles. The Bertz CT molecular complexity index is 850. The van der Waals surface area contributed by atoms with Gasteiger partial charge in [0, 0.05) is 10.8 Å². The summed E-state index contributed by atoms with van der Waals surface area (Å²) >= 11 is 0. The van der Waals surface area contributed by atoms with Crippen LogP contribution in [0.15, 0.2) is 70.9 Å². The normalized spacial score (nSPS) is 11.2. The van der Waals surface area contributed by atoms with Crippen LogP contribution in [0.1, 0.15) is 0 Å². The first-order chi connectivity index (χ1) is 10.6. The fraction of sp³-hybridized carbons (Fsp3) is 0. The summed E-state index contributed by atoms with van der Waals surface area (Å²) in [5, 5.41) is 38.0. The minimum Gasteiger partial charge on any atom is -0.507 e. The maximum absolute atomic E-state index is 9.85. The standard InChI is InChI=1S/C16H13BN2O3/c20-16-9-8-15(13-6-1-2-7-14(13)16)19-18-12-5-3-4-11(10-12)17(21)22/h1-10,20-22H. The third-order valence-electron chi connectivity index (χ3n) is 3.32. The van der Waals surface area contributed by atoms with E-state index in [9.17, 15) is 5.11 Å². The molecule has 0 atom stereocenters. The van der Waals surface area contributed by atoms with Gasteiger partial charge in [0.15, 0.2) is 0 Å². The van der Waals surface area contributed by atoms with Gasteiger partial charge in [0.25, 0.3) is 0 Å². The number of aromatic hydroxyl groups is 1. The zero-order valence-electron chi connectivity index (χ0n) is 11.6. The summed E-state index contributed by atoms with van der Waals surface area (Å²) in [5.74, 6) is 0.194. The van der Waals surface area contributed by atoms with Gasteiger partial charge < -0.3 is 15.2 Å². The lowest BCUT2D eigenvalue weighted by molar-refractivity contribution is 0.426. The smallest absolute Gasteiger partial charge is 0.488 e. The molecule has 0 unspecified atom stereocenters. The first kappa shape index (κ1) is 14.3. The third-order valence-corrected chi connectivity index (χ3v) is 3.32. The molecule has 3 rings (SSSR count). The second-order valence-electron chi connectivity index (χ2n) is 4.82. The van der Waals surface area contributed by atoms with Crippen molar-refractivity contribution >= 4 is 34.7 Å². The van der Waals surface area contributed by atoms with Gasteiger partial charge >= 0.3 is 7.12 Å². The second-order valence-corrected chi connectivity index (χ2v) is 4.82. The Morgan fingerprint density at radius 1 is 0.773 bits per heavy atom. The molecular formula is C16H13BN2O3. The van der Waals surface area contributed by atoms with Gasteiger partial charge in [0.1, 0.15) is 5.75 Å². The second kappa shape index (κ2) is 5.97. The van der Waals surface area contributed by atoms with Gasteiger partial charge in [-0.3, -0.25) is 0 Å². The molecule has 0 bridgehead atoms. The molecule has 0 radical (unpaired) electrons. The highest BCUT2D eigenvalue weighted by molar-refractivity contribution is 6.58. The molecule has 108 valence electrons. The molecule has 3 aromatic carbocycles. The van der Waals surface area contributed by atoms with Crippen molar-refractivity contribution in [2.24, 2.45) is 10.2 Å². The number of nitrogens with zero attached hydrogens (tertiary/aromatic N) is 2. The number of rotatable bonds is 3. The maximum Gasteiger partial charge on any atom is 0.488 e. The van der Waals surface area contributed by atoms with Crippen molar-refractivity contribution < 1.29 is 15.2 Å². The van der Waals surface area contributed by atoms with Crippen LogP contribution < -0.4 is 5.46 Å². The van der Waals surface area contributed by atoms with Crippen LogP contribution in [0.2, 0.25) is 0 Å². The number of hydrogen-bond donors (Lipinski definition) is 3. The van der Waals surface area contributed by atoms with Crippen molar-refractivity contribution in [2.75, 3.05) is 0 Å². The van der Waals surface area contributed by atoms with Gasteiger partial charge in [-0.15, -0.1) is 5.11 Å². The lowest BCUT2D eigenvalue weighted by atomic mass is 9.80. The lowest BCUT2D eigenvalue weighted by Gasteiger charge is -2.03. The minimum atomic E-state index is -1.54. The minimum absolute atomic E-state index is 0.194. The number of fused-ring (bicyclic) bond motifs is 1. The van der Waals surface area contributed by atoms with Crippen molar-refractivity contribution in [1.82, 2.24) is 0 Å². The van der Waals surface area contributed by atoms with E-state index < -0.39 is 7.12 Å². The van der Waals surface area contributed by atoms with Crippen LogP contribution in [0.25, 0.3) is 10.8 Å². The Hall–Kier alpha value is -2.70. The van der Waals surface area contributed by atoms with Gasteiger partial charge in [-0.25, -0.2) is 0 Å². The summed E-state index contributed by atoms with van der Waals surface area (Å²) in [7, 11) is -1.54. The number of phenolic OH excluding ortho intramolecular Hbond substituents is 1. The van der Waals surface area contributed by atoms with Crippen molar-refractivity contribution in [1.29, 1.82) is 0 Å². The summed E-state index contributed by atoms with van der Waals surface area (Å²) in [6.45, 7) is 0. The molecule has 0 spiro atoms. The van der Waals surface area contributed by atoms with Crippen LogP contribution in [-0.2, 0) is 0 Å². The SMILES string of the molecule is OB(O)c1cccc(N=Nc2ccc(O)c3ccccc23)c1. The molecular weight excluding hydrogens is 279 g/mol. The summed E-state index contributed by atoms with van der Waals surface area (Å²) in [5.41, 5.74) is 1.50. The van der Waals surface area contributed by atoms with Crippen molar-refractivity contribution in [2.45, 2.75) is 0 Å². The third kappa shape index (κ3) is 2.83. The number of hydrogen-bond acceptors (Lipinski definition) is 5. The highest BCUT2D eigenvalue weighted by Gasteiger charge is 2.10. The molecule has 0 heterocycles. The van der Waals surface area contributed by atoms with Gasteiger partial charge in [-0.2, -0.15) is 5.11 Å². The summed E-state index contributed by atoms with van der Waals surface area (Å²) in [4.78, 5) is 0. The fourth-order valence-corrected chi connectivity index (χ4v) is 2.21. The van der Waals surface area contributed by atoms with E-state index in [1.807, 2.05) is 24.3 Å². The summed E-state index contributed by atoms with van der Waals surface area (Å²) in [6, 6.07) is 17.2. The van der Waals surface area contributed by atoms with Crippen LogP contribution in [0.4, 0.5) is 11.4 Å². The molecule has 0 amide bonds. The molecule has 22 heavy (non-hydrogen) atoms. The molecule has 5 nitrogen and oxygen atoms in total. The average Bonchev–Trinajstić information content (AvgIpc) is 2.55. The van der Waals surface area contributed by atoms with Crippen molar-refractivity contribution in [3.8, 4) is 5.75 Å². The van der Waals surface area contributed by atoms with E-state index in [4.69, 9.17) is 10.0 Å². The predicted octanol–water partition coefficient (Wildman–Crippen LogP) is 2.64. The highest BCUT2D eigenvalue weighted by Crippen LogP contribution is 2.33. The van der Waals surface area contributed by atoms with Crippen molar-refractivity contribution in [3.63, 3.8) is 0 Å². The topological polar surface area (TPSA) is 85.4 Å². The van der Waals surface area contributed by atoms with E-state index in [0.717, 1.165) is 5.39 Å². The number of benzene rings is 3. The zero-order valence-corrected chi connectivity index (χ0v) is 11.6. The van der Waals surface area contributed by atoms with Gasteiger partial charge in [0.2, 0.25) is 0 Å². The van der Waals surface area contributed by atoms with Gasteiger partial charge in [0.05, 0.1) is 11.4 Å². The van der Waals surface area contributed by atoms with Crippen LogP contribution in [0, 0.1) is 0 Å². The van der Waals surface area contributed by atoms with E-state index in [1.165, 1.54) is 0 Å². The average molecular weight is 292 g/mol. The Morgan fingerprint density at radius 3 is 2.32 bits per heavy atom. The lowest BCUT2D eigenvalue weighted by Crippen LogP contribution is -2.29. The molecule has 0 fully saturated rings. The molecule has 3 aromatic rings. The zero-order chi connectivity index (χ0) is 15.5. The van der Waals surface area contributed by atoms with Crippen LogP contribution in [0.3, 0.4) is 0 Å². The molecule has 0 aliphatic carbocycles. The highest BCUT2D eigenvalue weighted by atomic mass is 16.4. The fourth-order valence-electron chi connectivity index (χ4n) is 2.21. The van der Waals surface area contributed by atoms with Crippen LogP contribution in [-0.4, -0.2) is 22.3 Å². The Morgan fingerprint density at radius 2 is 1.55 bits per heavy atom. The number of phenols is 1. The van der Waals surface area contributed by atoms with Gasteiger partial charge in [-0.05, 0) is 29.7 Å². The first-order valence-electron chi connectivity index (χ1n) is 6.74. The van der Waals surface area contributed by atoms with E-state index in [-0.39, 0.29) is 5.75 Å². The summed E-state index contributed by atoms with van der Waals surface area (Å²) in [6.07, 6.45) is 0. The van der Waals surface area contributed by atoms with E-state index >= 15 is 0 Å². The van der Waals surface area contributed by atoms with Crippen molar-refractivity contribution in [3.05, 3.63) is 60.7 Å². The van der Waals surface area contributed by atoms with E-state index in [1.54, 1.807) is 36.4 Å². The van der Waals surface area contributed by atoms with Crippen LogP contribution >= 0.6 is 0 Å². The van der Waals surface area contributed by atoms with Crippen LogP contribution in [0.5, 0.6) is 5.75 Å². The summed E-state index contributed by atoms with van der Waals surface area (Å²) < 4.78 is 0. The Labute approximate surface area is 127 Å². The predicted molar refractivity (Wildman–Crippen MR) is 86.1 cm³/mol. The van der Waals surface area contributed by atoms with Gasteiger partial charge in [-0.1, -0.05) is 36.4 Å². The largest absolute Gasteiger partial charge is 0.507 e. The molecule has 6 heteroatoms. The van der Waals surface area contributed by atoms with E-state index in [0.29, 0.717) is 22.2 Å². The molecule has 3 N–H and O–H groups in total.